The van der Waals surface area contributed by atoms with Gasteiger partial charge in [-0.05, 0) is 25.5 Å². The van der Waals surface area contributed by atoms with Crippen LogP contribution in [0.15, 0.2) is 18.2 Å². The molecule has 0 aromatic heterocycles. The lowest BCUT2D eigenvalue weighted by Gasteiger charge is -2.22. The van der Waals surface area contributed by atoms with E-state index in [9.17, 15) is 9.59 Å². The maximum absolute atomic E-state index is 12.1. The van der Waals surface area contributed by atoms with Gasteiger partial charge in [-0.25, -0.2) is 4.79 Å². The highest BCUT2D eigenvalue weighted by Crippen LogP contribution is 2.32. The summed E-state index contributed by atoms with van der Waals surface area (Å²) in [6.07, 6.45) is 2.34. The summed E-state index contributed by atoms with van der Waals surface area (Å²) >= 11 is 0. The number of carbonyl (C=O) groups excluding carboxylic acids is 2. The first-order valence-electron chi connectivity index (χ1n) is 8.37. The third-order valence-corrected chi connectivity index (χ3v) is 4.05. The highest BCUT2D eigenvalue weighted by molar-refractivity contribution is 5.90. The fraction of sp³-hybridized carbons (Fsp3) is 0.529. The number of ether oxygens (including phenoxy) is 2. The average Bonchev–Trinajstić information content (AvgIpc) is 2.81. The van der Waals surface area contributed by atoms with Crippen LogP contribution in [0.2, 0.25) is 0 Å². The van der Waals surface area contributed by atoms with Crippen molar-refractivity contribution < 1.29 is 19.1 Å². The number of hydrogen-bond acceptors (Lipinski definition) is 4. The molecule has 3 rings (SSSR count). The quantitative estimate of drug-likeness (QED) is 0.883. The van der Waals surface area contributed by atoms with Crippen molar-refractivity contribution >= 4 is 17.6 Å². The van der Waals surface area contributed by atoms with Gasteiger partial charge in [0.1, 0.15) is 0 Å². The Morgan fingerprint density at radius 2 is 2.04 bits per heavy atom. The first kappa shape index (κ1) is 16.4. The van der Waals surface area contributed by atoms with Gasteiger partial charge < -0.3 is 25.0 Å². The summed E-state index contributed by atoms with van der Waals surface area (Å²) in [7, 11) is 0. The molecule has 1 aromatic carbocycles. The van der Waals surface area contributed by atoms with Gasteiger partial charge in [0.2, 0.25) is 5.91 Å². The van der Waals surface area contributed by atoms with Crippen LogP contribution in [-0.2, 0) is 4.79 Å². The first-order valence-corrected chi connectivity index (χ1v) is 8.37. The molecule has 7 nitrogen and oxygen atoms in total. The van der Waals surface area contributed by atoms with Crippen molar-refractivity contribution in [2.75, 3.05) is 31.6 Å². The Balaban J connectivity index is 1.52. The highest BCUT2D eigenvalue weighted by atomic mass is 16.5. The molecule has 0 bridgehead atoms. The van der Waals surface area contributed by atoms with Crippen LogP contribution in [0.25, 0.3) is 0 Å². The molecule has 2 aliphatic heterocycles. The maximum Gasteiger partial charge on any atom is 0.319 e. The predicted octanol–water partition coefficient (Wildman–Crippen LogP) is 1.98. The number of benzene rings is 1. The number of fused-ring (bicyclic) bond motifs is 1. The number of likely N-dealkylation sites (tertiary alicyclic amines) is 1. The van der Waals surface area contributed by atoms with Crippen LogP contribution in [0.1, 0.15) is 26.2 Å². The van der Waals surface area contributed by atoms with Gasteiger partial charge in [0.05, 0.1) is 13.2 Å². The Morgan fingerprint density at radius 3 is 2.79 bits per heavy atom. The number of carbonyl (C=O) groups is 2. The van der Waals surface area contributed by atoms with Crippen molar-refractivity contribution in [2.24, 2.45) is 0 Å². The summed E-state index contributed by atoms with van der Waals surface area (Å²) in [6.45, 7) is 4.43. The Bertz CT molecular complexity index is 620. The molecule has 0 spiro atoms. The average molecular weight is 333 g/mol. The van der Waals surface area contributed by atoms with Crippen molar-refractivity contribution in [2.45, 2.75) is 32.2 Å². The van der Waals surface area contributed by atoms with Gasteiger partial charge >= 0.3 is 6.03 Å². The van der Waals surface area contributed by atoms with Crippen molar-refractivity contribution in [1.82, 2.24) is 10.2 Å². The van der Waals surface area contributed by atoms with E-state index in [1.165, 1.54) is 0 Å². The van der Waals surface area contributed by atoms with Gasteiger partial charge in [0, 0.05) is 43.7 Å². The summed E-state index contributed by atoms with van der Waals surface area (Å²) in [6, 6.07) is 4.91. The number of amides is 3. The van der Waals surface area contributed by atoms with Crippen LogP contribution in [0.3, 0.4) is 0 Å². The van der Waals surface area contributed by atoms with E-state index in [0.717, 1.165) is 19.4 Å². The van der Waals surface area contributed by atoms with E-state index in [1.807, 2.05) is 6.92 Å². The Morgan fingerprint density at radius 1 is 1.25 bits per heavy atom. The summed E-state index contributed by atoms with van der Waals surface area (Å²) in [5.41, 5.74) is 0.640. The third kappa shape index (κ3) is 4.10. The molecule has 0 radical (unpaired) electrons. The van der Waals surface area contributed by atoms with Crippen molar-refractivity contribution in [3.63, 3.8) is 0 Å². The number of urea groups is 1. The van der Waals surface area contributed by atoms with Gasteiger partial charge in [-0.2, -0.15) is 0 Å². The lowest BCUT2D eigenvalue weighted by Crippen LogP contribution is -2.44. The lowest BCUT2D eigenvalue weighted by molar-refractivity contribution is -0.127. The molecule has 24 heavy (non-hydrogen) atoms. The summed E-state index contributed by atoms with van der Waals surface area (Å²) in [5, 5.41) is 5.64. The molecule has 130 valence electrons. The largest absolute Gasteiger partial charge is 0.490 e. The van der Waals surface area contributed by atoms with Crippen LogP contribution in [0.4, 0.5) is 10.5 Å². The Labute approximate surface area is 141 Å². The molecule has 2 N–H and O–H groups in total. The molecule has 2 heterocycles. The molecule has 0 saturated carbocycles. The SMILES string of the molecule is C[C@@H](CN1CCCC1=O)NC(=O)Nc1ccc2c(c1)OCCCO2. The predicted molar refractivity (Wildman–Crippen MR) is 89.5 cm³/mol. The number of rotatable bonds is 4. The van der Waals surface area contributed by atoms with Crippen molar-refractivity contribution in [1.29, 1.82) is 0 Å². The molecule has 1 saturated heterocycles. The molecule has 1 fully saturated rings. The highest BCUT2D eigenvalue weighted by Gasteiger charge is 2.22. The van der Waals surface area contributed by atoms with Crippen LogP contribution in [0.5, 0.6) is 11.5 Å². The normalized spacial score (nSPS) is 18.0. The van der Waals surface area contributed by atoms with E-state index in [0.29, 0.717) is 43.4 Å². The number of anilines is 1. The minimum atomic E-state index is -0.302. The maximum atomic E-state index is 12.1. The van der Waals surface area contributed by atoms with Crippen molar-refractivity contribution in [3.05, 3.63) is 18.2 Å². The summed E-state index contributed by atoms with van der Waals surface area (Å²) in [5.74, 6) is 1.49. The van der Waals surface area contributed by atoms with Crippen LogP contribution in [-0.4, -0.2) is 49.2 Å². The molecule has 0 unspecified atom stereocenters. The zero-order chi connectivity index (χ0) is 16.9. The smallest absolute Gasteiger partial charge is 0.319 e. The van der Waals surface area contributed by atoms with Gasteiger partial charge in [-0.3, -0.25) is 4.79 Å². The van der Waals surface area contributed by atoms with E-state index in [2.05, 4.69) is 10.6 Å². The van der Waals surface area contributed by atoms with E-state index in [-0.39, 0.29) is 18.0 Å². The summed E-state index contributed by atoms with van der Waals surface area (Å²) in [4.78, 5) is 25.5. The monoisotopic (exact) mass is 333 g/mol. The second kappa shape index (κ2) is 7.42. The fourth-order valence-corrected chi connectivity index (χ4v) is 2.91. The zero-order valence-corrected chi connectivity index (χ0v) is 13.8. The third-order valence-electron chi connectivity index (χ3n) is 4.05. The summed E-state index contributed by atoms with van der Waals surface area (Å²) < 4.78 is 11.2. The molecule has 2 aliphatic rings. The minimum Gasteiger partial charge on any atom is -0.490 e. The second-order valence-electron chi connectivity index (χ2n) is 6.15. The Hall–Kier alpha value is -2.44. The number of hydrogen-bond donors (Lipinski definition) is 2. The van der Waals surface area contributed by atoms with Gasteiger partial charge in [-0.15, -0.1) is 0 Å². The standard InChI is InChI=1S/C17H23N3O4/c1-12(11-20-7-2-4-16(20)21)18-17(22)19-13-5-6-14-15(10-13)24-9-3-8-23-14/h5-6,10,12H,2-4,7-9,11H2,1H3,(H2,18,19,22)/t12-/m0/s1. The van der Waals surface area contributed by atoms with E-state index >= 15 is 0 Å². The molecule has 3 amide bonds. The molecule has 1 atom stereocenters. The molecule has 0 aliphatic carbocycles. The van der Waals surface area contributed by atoms with Crippen molar-refractivity contribution in [3.8, 4) is 11.5 Å². The van der Waals surface area contributed by atoms with E-state index < -0.39 is 0 Å². The minimum absolute atomic E-state index is 0.118. The van der Waals surface area contributed by atoms with Crippen LogP contribution < -0.4 is 20.1 Å². The number of nitrogens with zero attached hydrogens (tertiary/aromatic N) is 1. The first-order chi connectivity index (χ1) is 11.6. The molecule has 7 heteroatoms. The van der Waals surface area contributed by atoms with Gasteiger partial charge in [-0.1, -0.05) is 0 Å². The zero-order valence-electron chi connectivity index (χ0n) is 13.8. The lowest BCUT2D eigenvalue weighted by atomic mass is 10.2. The topological polar surface area (TPSA) is 79.9 Å². The van der Waals surface area contributed by atoms with Crippen LogP contribution >= 0.6 is 0 Å². The van der Waals surface area contributed by atoms with E-state index in [4.69, 9.17) is 9.47 Å². The number of nitrogens with one attached hydrogen (secondary N) is 2. The molecular formula is C17H23N3O4. The van der Waals surface area contributed by atoms with Crippen LogP contribution in [0, 0.1) is 0 Å². The van der Waals surface area contributed by atoms with E-state index in [1.54, 1.807) is 23.1 Å². The molecular weight excluding hydrogens is 310 g/mol. The second-order valence-corrected chi connectivity index (χ2v) is 6.15. The van der Waals surface area contributed by atoms with Gasteiger partial charge in [0.25, 0.3) is 0 Å². The van der Waals surface area contributed by atoms with Gasteiger partial charge in [0.15, 0.2) is 11.5 Å². The Kier molecular flexibility index (Phi) is 5.08. The molecule has 1 aromatic rings. The fourth-order valence-electron chi connectivity index (χ4n) is 2.91.